The van der Waals surface area contributed by atoms with Gasteiger partial charge in [-0.1, -0.05) is 20.8 Å². The largest absolute Gasteiger partial charge is 0.355 e. The van der Waals surface area contributed by atoms with Crippen molar-refractivity contribution >= 4 is 10.2 Å². The number of rotatable bonds is 7. The van der Waals surface area contributed by atoms with E-state index < -0.39 is 0 Å². The molecule has 0 saturated carbocycles. The fourth-order valence-corrected chi connectivity index (χ4v) is 1.29. The van der Waals surface area contributed by atoms with Gasteiger partial charge in [-0.05, 0) is 19.3 Å². The Hall–Kier alpha value is 0.137. The van der Waals surface area contributed by atoms with Crippen LogP contribution in [0.5, 0.6) is 0 Å². The highest BCUT2D eigenvalue weighted by Crippen LogP contribution is 2.13. The Labute approximate surface area is 79.1 Å². The topological polar surface area (TPSA) is 18.5 Å². The Morgan fingerprint density at radius 1 is 1.00 bits per heavy atom. The van der Waals surface area contributed by atoms with E-state index >= 15 is 0 Å². The van der Waals surface area contributed by atoms with Gasteiger partial charge in [0.25, 0.3) is 0 Å². The summed E-state index contributed by atoms with van der Waals surface area (Å²) in [5.74, 6) is 0. The second-order valence-electron chi connectivity index (χ2n) is 3.18. The highest BCUT2D eigenvalue weighted by molar-refractivity contribution is 6.13. The molecule has 0 aromatic carbocycles. The summed E-state index contributed by atoms with van der Waals surface area (Å²) in [4.78, 5) is 0. The lowest BCUT2D eigenvalue weighted by Crippen LogP contribution is -2.36. The molecular weight excluding hydrogens is 168 g/mol. The van der Waals surface area contributed by atoms with E-state index in [1.54, 1.807) is 0 Å². The highest BCUT2D eigenvalue weighted by Gasteiger charge is 2.21. The van der Waals surface area contributed by atoms with Crippen LogP contribution in [0, 0.1) is 0 Å². The third kappa shape index (κ3) is 4.90. The second-order valence-corrected chi connectivity index (χ2v) is 4.71. The SMILES string of the molecule is CCCOC([SiH3])(CC)OCCC. The van der Waals surface area contributed by atoms with Crippen molar-refractivity contribution in [1.29, 1.82) is 0 Å². The minimum Gasteiger partial charge on any atom is -0.355 e. The molecule has 0 aliphatic rings. The molecule has 0 aromatic heterocycles. The lowest BCUT2D eigenvalue weighted by Gasteiger charge is -2.29. The first-order valence-electron chi connectivity index (χ1n) is 4.96. The molecule has 0 unspecified atom stereocenters. The van der Waals surface area contributed by atoms with E-state index in [1.807, 2.05) is 0 Å². The van der Waals surface area contributed by atoms with Gasteiger partial charge in [-0.15, -0.1) is 0 Å². The highest BCUT2D eigenvalue weighted by atomic mass is 28.1. The van der Waals surface area contributed by atoms with E-state index in [-0.39, 0.29) is 5.41 Å². The van der Waals surface area contributed by atoms with Gasteiger partial charge in [0.15, 0.2) is 0 Å². The summed E-state index contributed by atoms with van der Waals surface area (Å²) in [7, 11) is 0.953. The van der Waals surface area contributed by atoms with Gasteiger partial charge in [-0.25, -0.2) is 0 Å². The zero-order chi connectivity index (χ0) is 9.45. The monoisotopic (exact) mass is 190 g/mol. The zero-order valence-electron chi connectivity index (χ0n) is 8.85. The van der Waals surface area contributed by atoms with Crippen LogP contribution in [-0.4, -0.2) is 28.9 Å². The van der Waals surface area contributed by atoms with E-state index in [0.717, 1.165) is 42.7 Å². The van der Waals surface area contributed by atoms with Gasteiger partial charge in [-0.2, -0.15) is 0 Å². The maximum atomic E-state index is 5.67. The van der Waals surface area contributed by atoms with Gasteiger partial charge in [0, 0.05) is 13.2 Å². The van der Waals surface area contributed by atoms with Crippen molar-refractivity contribution in [3.8, 4) is 0 Å². The molecule has 0 aromatic rings. The summed E-state index contributed by atoms with van der Waals surface area (Å²) in [5, 5.41) is 0. The van der Waals surface area contributed by atoms with E-state index in [1.165, 1.54) is 0 Å². The van der Waals surface area contributed by atoms with Gasteiger partial charge in [0.2, 0.25) is 0 Å². The number of hydrogen-bond acceptors (Lipinski definition) is 2. The lowest BCUT2D eigenvalue weighted by molar-refractivity contribution is -0.179. The molecule has 0 N–H and O–H groups in total. The average Bonchev–Trinajstić information content (AvgIpc) is 2.11. The summed E-state index contributed by atoms with van der Waals surface area (Å²) in [6.45, 7) is 8.01. The molecule has 0 saturated heterocycles. The summed E-state index contributed by atoms with van der Waals surface area (Å²) < 4.78 is 11.3. The Morgan fingerprint density at radius 3 is 1.67 bits per heavy atom. The molecule has 0 radical (unpaired) electrons. The predicted octanol–water partition coefficient (Wildman–Crippen LogP) is 1.27. The maximum Gasteiger partial charge on any atom is 0.141 e. The quantitative estimate of drug-likeness (QED) is 0.444. The van der Waals surface area contributed by atoms with Gasteiger partial charge in [-0.3, -0.25) is 0 Å². The second kappa shape index (κ2) is 6.63. The molecule has 12 heavy (non-hydrogen) atoms. The van der Waals surface area contributed by atoms with E-state index in [0.29, 0.717) is 0 Å². The van der Waals surface area contributed by atoms with Crippen molar-refractivity contribution < 1.29 is 9.47 Å². The summed E-state index contributed by atoms with van der Waals surface area (Å²) in [6, 6.07) is 0. The maximum absolute atomic E-state index is 5.67. The Kier molecular flexibility index (Phi) is 6.71. The van der Waals surface area contributed by atoms with Crippen LogP contribution in [0.1, 0.15) is 40.0 Å². The normalized spacial score (nSPS) is 12.2. The van der Waals surface area contributed by atoms with Crippen LogP contribution in [0.4, 0.5) is 0 Å². The number of hydrogen-bond donors (Lipinski definition) is 0. The van der Waals surface area contributed by atoms with Gasteiger partial charge in [0.1, 0.15) is 5.41 Å². The minimum absolute atomic E-state index is 0.216. The third-order valence-corrected chi connectivity index (χ3v) is 3.15. The molecule has 0 aliphatic heterocycles. The van der Waals surface area contributed by atoms with Crippen molar-refractivity contribution in [3.05, 3.63) is 0 Å². The molecule has 74 valence electrons. The first kappa shape index (κ1) is 12.1. The van der Waals surface area contributed by atoms with Crippen LogP contribution in [0.2, 0.25) is 0 Å². The fourth-order valence-electron chi connectivity index (χ4n) is 0.882. The van der Waals surface area contributed by atoms with Crippen LogP contribution >= 0.6 is 0 Å². The Balaban J connectivity index is 3.70. The lowest BCUT2D eigenvalue weighted by atomic mass is 10.4. The van der Waals surface area contributed by atoms with Crippen LogP contribution in [0.25, 0.3) is 0 Å². The molecule has 0 aliphatic carbocycles. The first-order valence-corrected chi connectivity index (χ1v) is 5.96. The molecule has 0 heterocycles. The molecule has 0 atom stereocenters. The predicted molar refractivity (Wildman–Crippen MR) is 55.4 cm³/mol. The molecule has 2 nitrogen and oxygen atoms in total. The summed E-state index contributed by atoms with van der Waals surface area (Å²) in [5.41, 5.74) is -0.216. The molecule has 0 spiro atoms. The fraction of sp³-hybridized carbons (Fsp3) is 1.00. The molecule has 0 bridgehead atoms. The van der Waals surface area contributed by atoms with Crippen molar-refractivity contribution in [2.24, 2.45) is 0 Å². The number of ether oxygens (including phenoxy) is 2. The third-order valence-electron chi connectivity index (χ3n) is 1.87. The van der Waals surface area contributed by atoms with Crippen molar-refractivity contribution in [2.75, 3.05) is 13.2 Å². The van der Waals surface area contributed by atoms with Crippen LogP contribution < -0.4 is 0 Å². The molecule has 0 rings (SSSR count). The van der Waals surface area contributed by atoms with Crippen molar-refractivity contribution in [3.63, 3.8) is 0 Å². The average molecular weight is 190 g/mol. The molecule has 0 fully saturated rings. The van der Waals surface area contributed by atoms with E-state index in [9.17, 15) is 0 Å². The van der Waals surface area contributed by atoms with Gasteiger partial charge in [0.05, 0.1) is 10.2 Å². The van der Waals surface area contributed by atoms with Crippen LogP contribution in [0.3, 0.4) is 0 Å². The smallest absolute Gasteiger partial charge is 0.141 e. The van der Waals surface area contributed by atoms with Crippen LogP contribution in [-0.2, 0) is 9.47 Å². The van der Waals surface area contributed by atoms with Gasteiger partial charge < -0.3 is 9.47 Å². The zero-order valence-corrected chi connectivity index (χ0v) is 10.9. The Morgan fingerprint density at radius 2 is 1.42 bits per heavy atom. The van der Waals surface area contributed by atoms with Crippen molar-refractivity contribution in [1.82, 2.24) is 0 Å². The first-order chi connectivity index (χ1) is 5.68. The van der Waals surface area contributed by atoms with E-state index in [4.69, 9.17) is 9.47 Å². The summed E-state index contributed by atoms with van der Waals surface area (Å²) in [6.07, 6.45) is 3.11. The molecular formula is C9H22O2Si. The van der Waals surface area contributed by atoms with Crippen molar-refractivity contribution in [2.45, 2.75) is 45.4 Å². The standard InChI is InChI=1S/C9H22O2Si/c1-4-7-10-9(12,6-3)11-8-5-2/h4-8H2,1-3,12H3. The minimum atomic E-state index is -0.216. The van der Waals surface area contributed by atoms with Gasteiger partial charge >= 0.3 is 0 Å². The molecule has 3 heteroatoms. The van der Waals surface area contributed by atoms with Crippen LogP contribution in [0.15, 0.2) is 0 Å². The Bertz CT molecular complexity index is 98.7. The molecule has 0 amide bonds. The summed E-state index contributed by atoms with van der Waals surface area (Å²) >= 11 is 0. The van der Waals surface area contributed by atoms with E-state index in [2.05, 4.69) is 20.8 Å².